The van der Waals surface area contributed by atoms with Gasteiger partial charge in [0, 0.05) is 6.54 Å². The molecule has 8 heteroatoms. The molecule has 34 heavy (non-hydrogen) atoms. The molecule has 2 aromatic carbocycles. The lowest BCUT2D eigenvalue weighted by molar-refractivity contribution is -0.140. The standard InChI is InChI=1S/C26H26ClN3O3S/c1-17-6-8-18(9-7-17)26(12-13-26)24(32)30-15-19(34(33)22-5-3-2-4-20(22)27)14-21(30)23(31)29-25(16-28)10-11-25/h2-9,19,21H,10-15H2,1H3,(H,29,31)/t19?,21-,34?/m0/s1. The Morgan fingerprint density at radius 2 is 1.79 bits per heavy atom. The zero-order valence-corrected chi connectivity index (χ0v) is 20.5. The zero-order chi connectivity index (χ0) is 24.1. The average molecular weight is 496 g/mol. The Bertz CT molecular complexity index is 1210. The number of carbonyl (C=O) groups is 2. The molecule has 2 aromatic rings. The van der Waals surface area contributed by atoms with Crippen LogP contribution in [0.1, 0.15) is 43.2 Å². The van der Waals surface area contributed by atoms with Crippen LogP contribution in [0.5, 0.6) is 0 Å². The van der Waals surface area contributed by atoms with E-state index in [1.54, 1.807) is 29.2 Å². The number of nitrogens with one attached hydrogen (secondary N) is 1. The van der Waals surface area contributed by atoms with Crippen LogP contribution in [0, 0.1) is 18.3 Å². The molecular formula is C26H26ClN3O3S. The topological polar surface area (TPSA) is 90.3 Å². The van der Waals surface area contributed by atoms with E-state index in [1.165, 1.54) is 0 Å². The van der Waals surface area contributed by atoms with Crippen molar-refractivity contribution in [2.24, 2.45) is 0 Å². The van der Waals surface area contributed by atoms with Gasteiger partial charge >= 0.3 is 0 Å². The molecule has 3 atom stereocenters. The van der Waals surface area contributed by atoms with Crippen LogP contribution in [0.25, 0.3) is 0 Å². The first-order chi connectivity index (χ1) is 16.3. The summed E-state index contributed by atoms with van der Waals surface area (Å²) < 4.78 is 13.4. The first-order valence-electron chi connectivity index (χ1n) is 11.6. The maximum absolute atomic E-state index is 13.9. The number of halogens is 1. The molecule has 6 nitrogen and oxygen atoms in total. The first kappa shape index (κ1) is 23.1. The van der Waals surface area contributed by atoms with Gasteiger partial charge in [-0.25, -0.2) is 0 Å². The number of hydrogen-bond acceptors (Lipinski definition) is 4. The summed E-state index contributed by atoms with van der Waals surface area (Å²) in [7, 11) is -1.48. The molecule has 0 bridgehead atoms. The normalized spacial score (nSPS) is 24.7. The van der Waals surface area contributed by atoms with E-state index in [0.29, 0.717) is 22.8 Å². The summed E-state index contributed by atoms with van der Waals surface area (Å²) in [6, 6.07) is 16.3. The van der Waals surface area contributed by atoms with Crippen molar-refractivity contribution in [3.05, 3.63) is 64.7 Å². The summed E-state index contributed by atoms with van der Waals surface area (Å²) in [5, 5.41) is 12.3. The van der Waals surface area contributed by atoms with Crippen LogP contribution in [0.2, 0.25) is 5.02 Å². The number of aryl methyl sites for hydroxylation is 1. The smallest absolute Gasteiger partial charge is 0.244 e. The van der Waals surface area contributed by atoms with E-state index in [-0.39, 0.29) is 24.8 Å². The fraction of sp³-hybridized carbons (Fsp3) is 0.423. The van der Waals surface area contributed by atoms with E-state index < -0.39 is 33.0 Å². The lowest BCUT2D eigenvalue weighted by Gasteiger charge is -2.29. The monoisotopic (exact) mass is 495 g/mol. The second-order valence-electron chi connectivity index (χ2n) is 9.69. The Morgan fingerprint density at radius 1 is 1.12 bits per heavy atom. The maximum atomic E-state index is 13.9. The van der Waals surface area contributed by atoms with Crippen molar-refractivity contribution in [3.63, 3.8) is 0 Å². The highest BCUT2D eigenvalue weighted by Gasteiger charge is 2.57. The van der Waals surface area contributed by atoms with Gasteiger partial charge in [-0.3, -0.25) is 13.8 Å². The molecule has 3 fully saturated rings. The quantitative estimate of drug-likeness (QED) is 0.662. The molecule has 2 amide bonds. The number of carbonyl (C=O) groups excluding carboxylic acids is 2. The number of hydrogen-bond donors (Lipinski definition) is 1. The molecule has 1 N–H and O–H groups in total. The molecule has 2 aliphatic carbocycles. The summed E-state index contributed by atoms with van der Waals surface area (Å²) in [6.07, 6.45) is 2.93. The zero-order valence-electron chi connectivity index (χ0n) is 18.9. The van der Waals surface area contributed by atoms with Crippen molar-refractivity contribution in [2.75, 3.05) is 6.54 Å². The van der Waals surface area contributed by atoms with Crippen molar-refractivity contribution >= 4 is 34.2 Å². The van der Waals surface area contributed by atoms with E-state index in [2.05, 4.69) is 11.4 Å². The van der Waals surface area contributed by atoms with Crippen LogP contribution < -0.4 is 5.32 Å². The maximum Gasteiger partial charge on any atom is 0.244 e. The van der Waals surface area contributed by atoms with E-state index >= 15 is 0 Å². The van der Waals surface area contributed by atoms with E-state index in [1.807, 2.05) is 31.2 Å². The van der Waals surface area contributed by atoms with Crippen molar-refractivity contribution < 1.29 is 13.8 Å². The van der Waals surface area contributed by atoms with Crippen LogP contribution in [0.3, 0.4) is 0 Å². The molecular weight excluding hydrogens is 470 g/mol. The summed E-state index contributed by atoms with van der Waals surface area (Å²) in [5.74, 6) is -0.442. The summed E-state index contributed by atoms with van der Waals surface area (Å²) in [4.78, 5) is 29.3. The van der Waals surface area contributed by atoms with Crippen LogP contribution >= 0.6 is 11.6 Å². The highest BCUT2D eigenvalue weighted by atomic mass is 35.5. The van der Waals surface area contributed by atoms with Gasteiger partial charge in [-0.1, -0.05) is 53.6 Å². The van der Waals surface area contributed by atoms with Crippen LogP contribution in [-0.2, 0) is 25.8 Å². The van der Waals surface area contributed by atoms with Gasteiger partial charge in [0.2, 0.25) is 11.8 Å². The second-order valence-corrected chi connectivity index (χ2v) is 11.8. The number of amides is 2. The Balaban J connectivity index is 1.44. The first-order valence-corrected chi connectivity index (χ1v) is 13.1. The third-order valence-electron chi connectivity index (χ3n) is 7.27. The number of likely N-dealkylation sites (tertiary alicyclic amines) is 1. The molecule has 0 spiro atoms. The lowest BCUT2D eigenvalue weighted by Crippen LogP contribution is -2.51. The van der Waals surface area contributed by atoms with Gasteiger partial charge in [0.15, 0.2) is 0 Å². The molecule has 3 aliphatic rings. The fourth-order valence-electron chi connectivity index (χ4n) is 4.82. The van der Waals surface area contributed by atoms with Gasteiger partial charge in [-0.15, -0.1) is 0 Å². The van der Waals surface area contributed by atoms with Crippen molar-refractivity contribution in [1.82, 2.24) is 10.2 Å². The van der Waals surface area contributed by atoms with Gasteiger partial charge in [0.1, 0.15) is 11.6 Å². The van der Waals surface area contributed by atoms with Gasteiger partial charge in [0.05, 0.1) is 37.5 Å². The number of nitrogens with zero attached hydrogens (tertiary/aromatic N) is 2. The highest BCUT2D eigenvalue weighted by Crippen LogP contribution is 2.51. The molecule has 0 radical (unpaired) electrons. The average Bonchev–Trinajstić information content (AvgIpc) is 3.76. The molecule has 1 aliphatic heterocycles. The largest absolute Gasteiger partial charge is 0.336 e. The molecule has 2 saturated carbocycles. The molecule has 1 heterocycles. The predicted molar refractivity (Wildman–Crippen MR) is 130 cm³/mol. The van der Waals surface area contributed by atoms with E-state index in [9.17, 15) is 19.1 Å². The highest BCUT2D eigenvalue weighted by molar-refractivity contribution is 7.85. The molecule has 2 unspecified atom stereocenters. The van der Waals surface area contributed by atoms with Gasteiger partial charge < -0.3 is 10.2 Å². The van der Waals surface area contributed by atoms with Crippen LogP contribution in [0.4, 0.5) is 0 Å². The third kappa shape index (κ3) is 4.03. The Labute approximate surface area is 206 Å². The minimum atomic E-state index is -1.48. The SMILES string of the molecule is Cc1ccc(C2(C(=O)N3CC(S(=O)c4ccccc4Cl)C[C@H]3C(=O)NC3(C#N)CC3)CC2)cc1. The molecule has 1 saturated heterocycles. The summed E-state index contributed by atoms with van der Waals surface area (Å²) in [6.45, 7) is 2.21. The van der Waals surface area contributed by atoms with E-state index in [0.717, 1.165) is 24.0 Å². The van der Waals surface area contributed by atoms with E-state index in [4.69, 9.17) is 11.6 Å². The summed E-state index contributed by atoms with van der Waals surface area (Å²) >= 11 is 6.30. The molecule has 5 rings (SSSR count). The van der Waals surface area contributed by atoms with Gasteiger partial charge in [-0.2, -0.15) is 5.26 Å². The Hall–Kier alpha value is -2.69. The van der Waals surface area contributed by atoms with Crippen LogP contribution in [0.15, 0.2) is 53.4 Å². The number of nitriles is 1. The fourth-order valence-corrected chi connectivity index (χ4v) is 6.67. The van der Waals surface area contributed by atoms with Crippen molar-refractivity contribution in [1.29, 1.82) is 5.26 Å². The number of rotatable bonds is 6. The van der Waals surface area contributed by atoms with Crippen molar-refractivity contribution in [3.8, 4) is 6.07 Å². The van der Waals surface area contributed by atoms with Crippen LogP contribution in [-0.4, -0.2) is 44.3 Å². The number of benzene rings is 2. The molecule has 0 aromatic heterocycles. The van der Waals surface area contributed by atoms with Gasteiger partial charge in [0.25, 0.3) is 0 Å². The third-order valence-corrected chi connectivity index (χ3v) is 9.45. The minimum absolute atomic E-state index is 0.100. The Morgan fingerprint density at radius 3 is 2.38 bits per heavy atom. The Kier molecular flexibility index (Phi) is 5.78. The molecule has 176 valence electrons. The minimum Gasteiger partial charge on any atom is -0.336 e. The lowest BCUT2D eigenvalue weighted by atomic mass is 9.93. The second kappa shape index (κ2) is 8.51. The van der Waals surface area contributed by atoms with Crippen molar-refractivity contribution in [2.45, 2.75) is 66.2 Å². The summed E-state index contributed by atoms with van der Waals surface area (Å²) in [5.41, 5.74) is 0.597. The predicted octanol–water partition coefficient (Wildman–Crippen LogP) is 3.63. The van der Waals surface area contributed by atoms with Gasteiger partial charge in [-0.05, 0) is 56.7 Å².